The number of benzene rings is 4. The summed E-state index contributed by atoms with van der Waals surface area (Å²) in [6.45, 7) is 42.2. The van der Waals surface area contributed by atoms with E-state index >= 15 is 0 Å². The first-order chi connectivity index (χ1) is 40.0. The van der Waals surface area contributed by atoms with Crippen molar-refractivity contribution in [3.05, 3.63) is 93.0 Å². The van der Waals surface area contributed by atoms with Gasteiger partial charge in [-0.15, -0.1) is 0 Å². The van der Waals surface area contributed by atoms with E-state index in [1.807, 2.05) is 0 Å². The first-order valence-electron chi connectivity index (χ1n) is 32.2. The van der Waals surface area contributed by atoms with Gasteiger partial charge in [0.05, 0.1) is 0 Å². The van der Waals surface area contributed by atoms with Gasteiger partial charge in [-0.2, -0.15) is 0 Å². The van der Waals surface area contributed by atoms with E-state index < -0.39 is 19.4 Å². The molecule has 0 amide bonds. The zero-order valence-corrected chi connectivity index (χ0v) is 65.6. The molecule has 0 fully saturated rings. The van der Waals surface area contributed by atoms with E-state index in [-0.39, 0.29) is 23.7 Å². The van der Waals surface area contributed by atoms with Crippen LogP contribution in [0.4, 0.5) is 0 Å². The SMILES string of the molecule is CCCC1c2cc3c4cc2OP(I)(CC)(N(CC)CC)Oc2cc5c(cc21)C(CCC)c1cc2c(cc1OP(I)(CC)(N(CC)CC)O5)OP(I)(CC)(N(CC)CC)Oc1cc(c(cc1C2CCC)C3CCC)OP(I)(CC)(N(CC)CC)O4. The standard InChI is InChI=1S/C64H100I4N4O8P4/c1-17-33-45-49-37-51-46(34-18-2)53-39-55-48(36-20-4)56-40-54-47(35-19-3)52-38-50(45)58-42-60(52)76-83(67,31-15,71(25-9)26-10)78-62(54)44-64(56)80-84(68,32-16,72(27-11)28-12)79-63(55)43-61(53)77-82(66,30-14,70(23-7)24-8)75-59(51)41-57(49)73-81(65,29-13,74-58)69(21-5)22-6/h37-48H,17-36H2,1-16H3. The van der Waals surface area contributed by atoms with Crippen LogP contribution in [0.2, 0.25) is 0 Å². The van der Waals surface area contributed by atoms with Crippen molar-refractivity contribution in [2.24, 2.45) is 0 Å². The van der Waals surface area contributed by atoms with Crippen molar-refractivity contribution in [1.29, 1.82) is 0 Å². The maximum absolute atomic E-state index is 8.13. The van der Waals surface area contributed by atoms with E-state index in [4.69, 9.17) is 36.2 Å². The van der Waals surface area contributed by atoms with Gasteiger partial charge in [-0.1, -0.05) is 0 Å². The van der Waals surface area contributed by atoms with E-state index in [2.05, 4.69) is 266 Å². The predicted molar refractivity (Wildman–Crippen MR) is 395 cm³/mol. The molecule has 20 heteroatoms. The van der Waals surface area contributed by atoms with Crippen LogP contribution in [0.25, 0.3) is 0 Å². The Balaban J connectivity index is 1.61. The van der Waals surface area contributed by atoms with Crippen LogP contribution in [0.5, 0.6) is 46.0 Å². The molecule has 8 bridgehead atoms. The van der Waals surface area contributed by atoms with E-state index in [0.29, 0.717) is 24.6 Å². The van der Waals surface area contributed by atoms with Crippen LogP contribution >= 0.6 is 108 Å². The molecule has 0 saturated carbocycles. The van der Waals surface area contributed by atoms with Crippen LogP contribution in [0, 0.1) is 0 Å². The van der Waals surface area contributed by atoms with Crippen molar-refractivity contribution in [3.63, 3.8) is 0 Å². The summed E-state index contributed by atoms with van der Waals surface area (Å²) in [5, 5.41) is 0. The fourth-order valence-electron chi connectivity index (χ4n) is 14.7. The average molecular weight is 1690 g/mol. The Morgan fingerprint density at radius 2 is 0.405 bits per heavy atom. The Morgan fingerprint density at radius 3 is 0.512 bits per heavy atom. The fraction of sp³-hybridized carbons (Fsp3) is 0.625. The van der Waals surface area contributed by atoms with Crippen molar-refractivity contribution in [2.75, 3.05) is 77.0 Å². The van der Waals surface area contributed by atoms with Crippen LogP contribution in [0.1, 0.15) is 230 Å². The van der Waals surface area contributed by atoms with Gasteiger partial charge in [0.25, 0.3) is 0 Å². The molecule has 4 aliphatic heterocycles. The predicted octanol–water partition coefficient (Wildman–Crippen LogP) is 22.9. The van der Waals surface area contributed by atoms with Gasteiger partial charge < -0.3 is 0 Å². The molecule has 4 aromatic carbocycles. The summed E-state index contributed by atoms with van der Waals surface area (Å²) < 4.78 is 75.0. The van der Waals surface area contributed by atoms with Crippen LogP contribution in [0.3, 0.4) is 0 Å². The molecular formula is C64H100I4N4O8P4. The number of hydrogen-bond donors (Lipinski definition) is 0. The third-order valence-corrected chi connectivity index (χ3v) is 54.6. The molecule has 0 aromatic heterocycles. The molecule has 0 atom stereocenters. The number of nitrogens with zero attached hydrogens (tertiary/aromatic N) is 4. The van der Waals surface area contributed by atoms with Gasteiger partial charge in [-0.25, -0.2) is 0 Å². The van der Waals surface area contributed by atoms with Gasteiger partial charge in [0, 0.05) is 0 Å². The minimum atomic E-state index is -3.93. The van der Waals surface area contributed by atoms with Crippen molar-refractivity contribution in [1.82, 2.24) is 18.7 Å². The molecule has 9 rings (SSSR count). The molecule has 0 N–H and O–H groups in total. The van der Waals surface area contributed by atoms with Crippen LogP contribution < -0.4 is 36.2 Å². The van der Waals surface area contributed by atoms with Gasteiger partial charge in [0.1, 0.15) is 0 Å². The Labute approximate surface area is 558 Å². The normalized spacial score (nSPS) is 25.2. The second kappa shape index (κ2) is 25.3. The average Bonchev–Trinajstić information content (AvgIpc) is 1.16. The molecule has 5 aliphatic rings. The summed E-state index contributed by atoms with van der Waals surface area (Å²) in [5.41, 5.74) is 9.44. The molecular weight excluding hydrogens is 1580 g/mol. The molecule has 4 aromatic rings. The van der Waals surface area contributed by atoms with Crippen molar-refractivity contribution in [2.45, 2.75) is 186 Å². The first-order valence-corrected chi connectivity index (χ1v) is 52.2. The first kappa shape index (κ1) is 68.1. The molecule has 0 unspecified atom stereocenters. The third-order valence-electron chi connectivity index (χ3n) is 19.2. The monoisotopic (exact) mass is 1680 g/mol. The van der Waals surface area contributed by atoms with Gasteiger partial charge in [0.15, 0.2) is 0 Å². The molecule has 0 spiro atoms. The molecule has 1 aliphatic carbocycles. The van der Waals surface area contributed by atoms with Gasteiger partial charge in [-0.05, 0) is 0 Å². The topological polar surface area (TPSA) is 86.8 Å². The summed E-state index contributed by atoms with van der Waals surface area (Å²) in [7, 11) is 0. The maximum atomic E-state index is 8.13. The molecule has 84 heavy (non-hydrogen) atoms. The van der Waals surface area contributed by atoms with E-state index in [1.165, 1.54) is 44.5 Å². The molecule has 4 heterocycles. The van der Waals surface area contributed by atoms with Gasteiger partial charge in [-0.3, -0.25) is 0 Å². The minimum absolute atomic E-state index is 0.106. The molecule has 12 nitrogen and oxygen atoms in total. The summed E-state index contributed by atoms with van der Waals surface area (Å²) in [5.74, 6) is 6.25. The van der Waals surface area contributed by atoms with Crippen molar-refractivity contribution in [3.8, 4) is 46.0 Å². The van der Waals surface area contributed by atoms with Crippen molar-refractivity contribution < 1.29 is 36.2 Å². The Morgan fingerprint density at radius 1 is 0.262 bits per heavy atom. The Hall–Kier alpha value is -0.240. The second-order valence-corrected chi connectivity index (χ2v) is 60.3. The summed E-state index contributed by atoms with van der Waals surface area (Å²) in [6, 6.07) is 19.4. The Bertz CT molecular complexity index is 2580. The summed E-state index contributed by atoms with van der Waals surface area (Å²) in [4.78, 5) is -15.7. The summed E-state index contributed by atoms with van der Waals surface area (Å²) in [6.07, 6.45) is 9.82. The quantitative estimate of drug-likeness (QED) is 0.0495. The molecule has 0 radical (unpaired) electrons. The van der Waals surface area contributed by atoms with E-state index in [0.717, 1.165) is 150 Å². The molecule has 472 valence electrons. The van der Waals surface area contributed by atoms with Gasteiger partial charge in [0.2, 0.25) is 0 Å². The number of halogens is 4. The van der Waals surface area contributed by atoms with Crippen LogP contribution in [-0.4, -0.2) is 95.7 Å². The summed E-state index contributed by atoms with van der Waals surface area (Å²) >= 11 is 10.7. The number of hydrogen-bond acceptors (Lipinski definition) is 12. The number of rotatable bonds is 24. The van der Waals surface area contributed by atoms with Crippen LogP contribution in [-0.2, 0) is 0 Å². The molecule has 0 saturated heterocycles. The second-order valence-electron chi connectivity index (χ2n) is 23.5. The van der Waals surface area contributed by atoms with E-state index in [9.17, 15) is 0 Å². The van der Waals surface area contributed by atoms with Crippen LogP contribution in [0.15, 0.2) is 48.5 Å². The zero-order chi connectivity index (χ0) is 61.1. The van der Waals surface area contributed by atoms with Crippen molar-refractivity contribution >= 4 is 108 Å². The third kappa shape index (κ3) is 11.0. The van der Waals surface area contributed by atoms with Gasteiger partial charge >= 0.3 is 564 Å². The zero-order valence-electron chi connectivity index (χ0n) is 53.4. The Kier molecular flexibility index (Phi) is 20.6. The van der Waals surface area contributed by atoms with E-state index in [1.54, 1.807) is 0 Å². The fourth-order valence-corrected chi connectivity index (χ4v) is 39.4.